The average Bonchev–Trinajstić information content (AvgIpc) is 2.59. The molecule has 142 valence electrons. The molecule has 0 spiro atoms. The number of ether oxygens (including phenoxy) is 2. The van der Waals surface area contributed by atoms with Crippen molar-refractivity contribution in [3.05, 3.63) is 41.1 Å². The van der Waals surface area contributed by atoms with Gasteiger partial charge in [0.2, 0.25) is 0 Å². The van der Waals surface area contributed by atoms with Gasteiger partial charge < -0.3 is 20.1 Å². The van der Waals surface area contributed by atoms with Crippen LogP contribution in [0.5, 0.6) is 5.75 Å². The van der Waals surface area contributed by atoms with Crippen LogP contribution in [0.4, 0.5) is 4.79 Å². The van der Waals surface area contributed by atoms with Crippen molar-refractivity contribution >= 4 is 12.0 Å². The van der Waals surface area contributed by atoms with Crippen molar-refractivity contribution in [2.45, 2.75) is 59.1 Å². The fraction of sp³-hybridized carbons (Fsp3) is 0.500. The van der Waals surface area contributed by atoms with E-state index >= 15 is 0 Å². The number of unbranched alkanes of at least 4 members (excludes halogenated alkanes) is 1. The van der Waals surface area contributed by atoms with Gasteiger partial charge in [-0.3, -0.25) is 0 Å². The zero-order valence-corrected chi connectivity index (χ0v) is 15.9. The zero-order chi connectivity index (χ0) is 19.1. The van der Waals surface area contributed by atoms with Crippen molar-refractivity contribution in [3.63, 3.8) is 0 Å². The molecule has 1 aliphatic heterocycles. The standard InChI is InChI=1S/C20H28N2O4/c1-5-7-11-15-17(19(23)26-13(3)4)18(22-20(24)21-15)14-10-8-9-12-16(14)25-6-2/h8-10,12-13,18H,5-7,11H2,1-4H3,(H2,21,22,24). The summed E-state index contributed by atoms with van der Waals surface area (Å²) < 4.78 is 11.2. The molecule has 0 bridgehead atoms. The van der Waals surface area contributed by atoms with E-state index in [4.69, 9.17) is 9.47 Å². The van der Waals surface area contributed by atoms with Crippen molar-refractivity contribution in [2.24, 2.45) is 0 Å². The first-order chi connectivity index (χ1) is 12.5. The summed E-state index contributed by atoms with van der Waals surface area (Å²) in [5.41, 5.74) is 1.81. The van der Waals surface area contributed by atoms with Gasteiger partial charge in [0.05, 0.1) is 24.3 Å². The highest BCUT2D eigenvalue weighted by atomic mass is 16.5. The maximum absolute atomic E-state index is 12.8. The van der Waals surface area contributed by atoms with E-state index in [0.717, 1.165) is 18.4 Å². The third kappa shape index (κ3) is 4.77. The first-order valence-electron chi connectivity index (χ1n) is 9.21. The van der Waals surface area contributed by atoms with Gasteiger partial charge in [-0.15, -0.1) is 0 Å². The molecule has 6 nitrogen and oxygen atoms in total. The number of rotatable bonds is 8. The largest absolute Gasteiger partial charge is 0.494 e. The number of carbonyl (C=O) groups is 2. The van der Waals surface area contributed by atoms with E-state index in [9.17, 15) is 9.59 Å². The van der Waals surface area contributed by atoms with E-state index in [-0.39, 0.29) is 12.1 Å². The number of esters is 1. The molecule has 1 heterocycles. The second-order valence-electron chi connectivity index (χ2n) is 6.45. The average molecular weight is 360 g/mol. The second-order valence-corrected chi connectivity index (χ2v) is 6.45. The van der Waals surface area contributed by atoms with Crippen LogP contribution in [-0.4, -0.2) is 24.7 Å². The Balaban J connectivity index is 2.52. The van der Waals surface area contributed by atoms with Crippen LogP contribution in [0, 0.1) is 0 Å². The highest BCUT2D eigenvalue weighted by molar-refractivity contribution is 5.95. The summed E-state index contributed by atoms with van der Waals surface area (Å²) in [6.45, 7) is 8.07. The van der Waals surface area contributed by atoms with Crippen LogP contribution >= 0.6 is 0 Å². The van der Waals surface area contributed by atoms with Crippen molar-refractivity contribution in [3.8, 4) is 5.75 Å². The predicted octanol–water partition coefficient (Wildman–Crippen LogP) is 3.84. The van der Waals surface area contributed by atoms with Crippen LogP contribution < -0.4 is 15.4 Å². The molecule has 2 N–H and O–H groups in total. The number of allylic oxidation sites excluding steroid dienone is 1. The van der Waals surface area contributed by atoms with E-state index in [1.807, 2.05) is 45.0 Å². The predicted molar refractivity (Wildman–Crippen MR) is 99.8 cm³/mol. The topological polar surface area (TPSA) is 76.7 Å². The van der Waals surface area contributed by atoms with Gasteiger partial charge in [-0.25, -0.2) is 9.59 Å². The lowest BCUT2D eigenvalue weighted by atomic mass is 9.93. The molecule has 0 fully saturated rings. The maximum Gasteiger partial charge on any atom is 0.338 e. The van der Waals surface area contributed by atoms with Gasteiger partial charge in [0.15, 0.2) is 0 Å². The Hall–Kier alpha value is -2.50. The SMILES string of the molecule is CCCCC1=C(C(=O)OC(C)C)C(c2ccccc2OCC)NC(=O)N1. The smallest absolute Gasteiger partial charge is 0.338 e. The number of urea groups is 1. The third-order valence-electron chi connectivity index (χ3n) is 4.03. The van der Waals surface area contributed by atoms with Gasteiger partial charge in [-0.2, -0.15) is 0 Å². The van der Waals surface area contributed by atoms with E-state index in [2.05, 4.69) is 17.6 Å². The monoisotopic (exact) mass is 360 g/mol. The van der Waals surface area contributed by atoms with Crippen LogP contribution in [0.2, 0.25) is 0 Å². The van der Waals surface area contributed by atoms with Crippen molar-refractivity contribution in [1.29, 1.82) is 0 Å². The van der Waals surface area contributed by atoms with Crippen LogP contribution in [0.25, 0.3) is 0 Å². The molecule has 1 unspecified atom stereocenters. The molecule has 0 saturated heterocycles. The lowest BCUT2D eigenvalue weighted by molar-refractivity contribution is -0.143. The third-order valence-corrected chi connectivity index (χ3v) is 4.03. The van der Waals surface area contributed by atoms with E-state index < -0.39 is 12.0 Å². The molecule has 1 aromatic rings. The Labute approximate surface area is 154 Å². The van der Waals surface area contributed by atoms with Gasteiger partial charge in [-0.1, -0.05) is 31.5 Å². The summed E-state index contributed by atoms with van der Waals surface area (Å²) >= 11 is 0. The molecule has 0 radical (unpaired) electrons. The van der Waals surface area contributed by atoms with Gasteiger partial charge in [0.25, 0.3) is 0 Å². The molecule has 0 saturated carbocycles. The molecule has 2 rings (SSSR count). The molecule has 2 amide bonds. The number of benzene rings is 1. The normalized spacial score (nSPS) is 17.0. The second kappa shape index (κ2) is 9.27. The van der Waals surface area contributed by atoms with Crippen LogP contribution in [0.15, 0.2) is 35.5 Å². The summed E-state index contributed by atoms with van der Waals surface area (Å²) in [6, 6.07) is 6.50. The first kappa shape index (κ1) is 19.8. The molecule has 0 aliphatic carbocycles. The highest BCUT2D eigenvalue weighted by Gasteiger charge is 2.35. The maximum atomic E-state index is 12.8. The Kier molecular flexibility index (Phi) is 7.06. The minimum Gasteiger partial charge on any atom is -0.494 e. The van der Waals surface area contributed by atoms with Crippen LogP contribution in [0.3, 0.4) is 0 Å². The Morgan fingerprint density at radius 2 is 1.96 bits per heavy atom. The number of carbonyl (C=O) groups excluding carboxylic acids is 2. The molecule has 6 heteroatoms. The van der Waals surface area contributed by atoms with E-state index in [1.165, 1.54) is 0 Å². The van der Waals surface area contributed by atoms with Crippen LogP contribution in [-0.2, 0) is 9.53 Å². The van der Waals surface area contributed by atoms with Gasteiger partial charge in [-0.05, 0) is 39.7 Å². The minimum atomic E-state index is -0.607. The van der Waals surface area contributed by atoms with Gasteiger partial charge in [0, 0.05) is 11.3 Å². The fourth-order valence-corrected chi connectivity index (χ4v) is 2.93. The first-order valence-corrected chi connectivity index (χ1v) is 9.21. The lowest BCUT2D eigenvalue weighted by Crippen LogP contribution is -2.46. The summed E-state index contributed by atoms with van der Waals surface area (Å²) in [6.07, 6.45) is 2.19. The summed E-state index contributed by atoms with van der Waals surface area (Å²) in [5.74, 6) is 0.224. The Bertz CT molecular complexity index is 682. The molecule has 26 heavy (non-hydrogen) atoms. The zero-order valence-electron chi connectivity index (χ0n) is 15.9. The Morgan fingerprint density at radius 3 is 2.62 bits per heavy atom. The number of hydrogen-bond acceptors (Lipinski definition) is 4. The fourth-order valence-electron chi connectivity index (χ4n) is 2.93. The lowest BCUT2D eigenvalue weighted by Gasteiger charge is -2.30. The van der Waals surface area contributed by atoms with Gasteiger partial charge >= 0.3 is 12.0 Å². The molecular formula is C20H28N2O4. The highest BCUT2D eigenvalue weighted by Crippen LogP contribution is 2.34. The minimum absolute atomic E-state index is 0.247. The van der Waals surface area contributed by atoms with Crippen molar-refractivity contribution in [2.75, 3.05) is 6.61 Å². The number of amides is 2. The summed E-state index contributed by atoms with van der Waals surface area (Å²) in [7, 11) is 0. The van der Waals surface area contributed by atoms with E-state index in [1.54, 1.807) is 0 Å². The molecular weight excluding hydrogens is 332 g/mol. The van der Waals surface area contributed by atoms with Crippen molar-refractivity contribution in [1.82, 2.24) is 10.6 Å². The number of para-hydroxylation sites is 1. The molecule has 0 aromatic heterocycles. The molecule has 1 atom stereocenters. The van der Waals surface area contributed by atoms with Gasteiger partial charge in [0.1, 0.15) is 5.75 Å². The quantitative estimate of drug-likeness (QED) is 0.691. The van der Waals surface area contributed by atoms with Crippen molar-refractivity contribution < 1.29 is 19.1 Å². The van der Waals surface area contributed by atoms with Crippen LogP contribution in [0.1, 0.15) is 58.6 Å². The summed E-state index contributed by atoms with van der Waals surface area (Å²) in [4.78, 5) is 25.1. The van der Waals surface area contributed by atoms with E-state index in [0.29, 0.717) is 30.0 Å². The number of hydrogen-bond donors (Lipinski definition) is 2. The summed E-state index contributed by atoms with van der Waals surface area (Å²) in [5, 5.41) is 5.65. The Morgan fingerprint density at radius 1 is 1.23 bits per heavy atom. The molecule has 1 aliphatic rings. The molecule has 1 aromatic carbocycles. The number of nitrogens with one attached hydrogen (secondary N) is 2.